The predicted octanol–water partition coefficient (Wildman–Crippen LogP) is 1.43. The van der Waals surface area contributed by atoms with E-state index < -0.39 is 0 Å². The Balaban J connectivity index is 1.69. The molecule has 3 rings (SSSR count). The zero-order valence-corrected chi connectivity index (χ0v) is 14.1. The Morgan fingerprint density at radius 1 is 1.29 bits per heavy atom. The van der Waals surface area contributed by atoms with Gasteiger partial charge in [-0.25, -0.2) is 4.98 Å². The number of nitrogens with zero attached hydrogens (tertiary/aromatic N) is 6. The van der Waals surface area contributed by atoms with E-state index in [4.69, 9.17) is 0 Å². The minimum absolute atomic E-state index is 0.0419. The SMILES string of the molecule is CN(C)c1nccnc1CC1CCCN(C(=O)c2cccnn2)C1. The maximum Gasteiger partial charge on any atom is 0.274 e. The second-order valence-corrected chi connectivity index (χ2v) is 6.29. The van der Waals surface area contributed by atoms with Crippen LogP contribution in [0.2, 0.25) is 0 Å². The molecule has 0 saturated carbocycles. The van der Waals surface area contributed by atoms with Crippen molar-refractivity contribution in [2.24, 2.45) is 5.92 Å². The summed E-state index contributed by atoms with van der Waals surface area (Å²) in [4.78, 5) is 25.3. The first kappa shape index (κ1) is 16.3. The van der Waals surface area contributed by atoms with Crippen molar-refractivity contribution in [3.63, 3.8) is 0 Å². The number of hydrogen-bond donors (Lipinski definition) is 0. The Hall–Kier alpha value is -2.57. The monoisotopic (exact) mass is 326 g/mol. The highest BCUT2D eigenvalue weighted by atomic mass is 16.2. The summed E-state index contributed by atoms with van der Waals surface area (Å²) in [7, 11) is 3.94. The molecule has 0 bridgehead atoms. The number of likely N-dealkylation sites (tertiary alicyclic amines) is 1. The van der Waals surface area contributed by atoms with Gasteiger partial charge in [0.05, 0.1) is 5.69 Å². The molecule has 0 radical (unpaired) electrons. The van der Waals surface area contributed by atoms with E-state index in [2.05, 4.69) is 20.2 Å². The van der Waals surface area contributed by atoms with Crippen LogP contribution in [0.5, 0.6) is 0 Å². The summed E-state index contributed by atoms with van der Waals surface area (Å²) < 4.78 is 0. The fraction of sp³-hybridized carbons (Fsp3) is 0.471. The Morgan fingerprint density at radius 2 is 2.12 bits per heavy atom. The van der Waals surface area contributed by atoms with Crippen LogP contribution in [0, 0.1) is 5.92 Å². The molecule has 1 unspecified atom stereocenters. The summed E-state index contributed by atoms with van der Waals surface area (Å²) in [5.74, 6) is 1.24. The number of aromatic nitrogens is 4. The lowest BCUT2D eigenvalue weighted by Gasteiger charge is -2.32. The van der Waals surface area contributed by atoms with Gasteiger partial charge in [-0.2, -0.15) is 5.10 Å². The molecule has 1 atom stereocenters. The van der Waals surface area contributed by atoms with E-state index in [0.717, 1.165) is 43.9 Å². The van der Waals surface area contributed by atoms with Crippen LogP contribution in [0.4, 0.5) is 5.82 Å². The molecule has 2 aromatic rings. The van der Waals surface area contributed by atoms with E-state index in [1.165, 1.54) is 0 Å². The zero-order valence-electron chi connectivity index (χ0n) is 14.1. The van der Waals surface area contributed by atoms with Gasteiger partial charge < -0.3 is 9.80 Å². The Bertz CT molecular complexity index is 690. The van der Waals surface area contributed by atoms with Crippen LogP contribution >= 0.6 is 0 Å². The van der Waals surface area contributed by atoms with Crippen molar-refractivity contribution in [2.75, 3.05) is 32.1 Å². The summed E-state index contributed by atoms with van der Waals surface area (Å²) >= 11 is 0. The van der Waals surface area contributed by atoms with Crippen molar-refractivity contribution in [3.05, 3.63) is 42.1 Å². The number of rotatable bonds is 4. The van der Waals surface area contributed by atoms with Gasteiger partial charge >= 0.3 is 0 Å². The van der Waals surface area contributed by atoms with Gasteiger partial charge in [-0.1, -0.05) is 0 Å². The molecule has 7 nitrogen and oxygen atoms in total. The molecule has 0 N–H and O–H groups in total. The van der Waals surface area contributed by atoms with E-state index in [1.54, 1.807) is 30.7 Å². The van der Waals surface area contributed by atoms with Crippen molar-refractivity contribution in [1.82, 2.24) is 25.1 Å². The van der Waals surface area contributed by atoms with E-state index in [1.807, 2.05) is 23.9 Å². The first-order valence-electron chi connectivity index (χ1n) is 8.19. The number of hydrogen-bond acceptors (Lipinski definition) is 6. The normalized spacial score (nSPS) is 17.6. The first-order valence-corrected chi connectivity index (χ1v) is 8.19. The molecule has 1 saturated heterocycles. The average Bonchev–Trinajstić information content (AvgIpc) is 2.62. The maximum absolute atomic E-state index is 12.6. The van der Waals surface area contributed by atoms with Gasteiger partial charge in [-0.15, -0.1) is 5.10 Å². The molecule has 0 spiro atoms. The Morgan fingerprint density at radius 3 is 2.88 bits per heavy atom. The molecule has 2 aromatic heterocycles. The van der Waals surface area contributed by atoms with Gasteiger partial charge in [0.25, 0.3) is 5.91 Å². The minimum Gasteiger partial charge on any atom is -0.361 e. The smallest absolute Gasteiger partial charge is 0.274 e. The summed E-state index contributed by atoms with van der Waals surface area (Å²) in [5, 5.41) is 7.73. The molecule has 1 fully saturated rings. The largest absolute Gasteiger partial charge is 0.361 e. The molecule has 1 aliphatic heterocycles. The highest BCUT2D eigenvalue weighted by Crippen LogP contribution is 2.24. The molecule has 1 amide bonds. The summed E-state index contributed by atoms with van der Waals surface area (Å²) in [6.07, 6.45) is 7.93. The van der Waals surface area contributed by atoms with Crippen molar-refractivity contribution in [2.45, 2.75) is 19.3 Å². The second-order valence-electron chi connectivity index (χ2n) is 6.29. The topological polar surface area (TPSA) is 75.1 Å². The lowest BCUT2D eigenvalue weighted by atomic mass is 9.93. The summed E-state index contributed by atoms with van der Waals surface area (Å²) in [5.41, 5.74) is 1.40. The molecule has 3 heterocycles. The Labute approximate surface area is 141 Å². The third-order valence-electron chi connectivity index (χ3n) is 4.26. The number of anilines is 1. The van der Waals surface area contributed by atoms with Crippen LogP contribution in [0.25, 0.3) is 0 Å². The fourth-order valence-electron chi connectivity index (χ4n) is 3.14. The van der Waals surface area contributed by atoms with Gasteiger partial charge in [0, 0.05) is 45.8 Å². The third-order valence-corrected chi connectivity index (χ3v) is 4.26. The van der Waals surface area contributed by atoms with Crippen LogP contribution in [0.1, 0.15) is 29.0 Å². The predicted molar refractivity (Wildman–Crippen MR) is 90.7 cm³/mol. The third kappa shape index (κ3) is 3.67. The maximum atomic E-state index is 12.6. The van der Waals surface area contributed by atoms with E-state index in [9.17, 15) is 4.79 Å². The fourth-order valence-corrected chi connectivity index (χ4v) is 3.14. The lowest BCUT2D eigenvalue weighted by molar-refractivity contribution is 0.0665. The van der Waals surface area contributed by atoms with E-state index >= 15 is 0 Å². The molecule has 126 valence electrons. The lowest BCUT2D eigenvalue weighted by Crippen LogP contribution is -2.41. The van der Waals surface area contributed by atoms with Crippen molar-refractivity contribution < 1.29 is 4.79 Å². The van der Waals surface area contributed by atoms with Gasteiger partial charge in [0.2, 0.25) is 0 Å². The highest BCUT2D eigenvalue weighted by molar-refractivity contribution is 5.92. The van der Waals surface area contributed by atoms with Gasteiger partial charge in [0.1, 0.15) is 5.82 Å². The number of carbonyl (C=O) groups excluding carboxylic acids is 1. The molecule has 7 heteroatoms. The molecule has 0 aliphatic carbocycles. The molecular formula is C17H22N6O. The van der Waals surface area contributed by atoms with Crippen molar-refractivity contribution in [1.29, 1.82) is 0 Å². The van der Waals surface area contributed by atoms with Gasteiger partial charge in [-0.3, -0.25) is 9.78 Å². The molecule has 0 aromatic carbocycles. The standard InChI is InChI=1S/C17H22N6O/c1-22(2)16-15(18-8-9-19-16)11-13-5-4-10-23(12-13)17(24)14-6-3-7-20-21-14/h3,6-9,13H,4-5,10-12H2,1-2H3. The van der Waals surface area contributed by atoms with Gasteiger partial charge in [-0.05, 0) is 37.3 Å². The van der Waals surface area contributed by atoms with Crippen LogP contribution in [0.15, 0.2) is 30.7 Å². The van der Waals surface area contributed by atoms with Crippen LogP contribution in [-0.4, -0.2) is 58.2 Å². The Kier molecular flexibility index (Phi) is 4.98. The van der Waals surface area contributed by atoms with Crippen molar-refractivity contribution in [3.8, 4) is 0 Å². The van der Waals surface area contributed by atoms with Crippen LogP contribution in [-0.2, 0) is 6.42 Å². The number of amides is 1. The second kappa shape index (κ2) is 7.33. The summed E-state index contributed by atoms with van der Waals surface area (Å²) in [6, 6.07) is 3.45. The zero-order chi connectivity index (χ0) is 16.9. The van der Waals surface area contributed by atoms with Crippen molar-refractivity contribution >= 4 is 11.7 Å². The first-order chi connectivity index (χ1) is 11.6. The molecule has 1 aliphatic rings. The van der Waals surface area contributed by atoms with Gasteiger partial charge in [0.15, 0.2) is 5.69 Å². The average molecular weight is 326 g/mol. The van der Waals surface area contributed by atoms with E-state index in [0.29, 0.717) is 11.6 Å². The number of carbonyl (C=O) groups is 1. The van der Waals surface area contributed by atoms with E-state index in [-0.39, 0.29) is 5.91 Å². The molecular weight excluding hydrogens is 304 g/mol. The molecule has 24 heavy (non-hydrogen) atoms. The summed E-state index contributed by atoms with van der Waals surface area (Å²) in [6.45, 7) is 1.49. The van der Waals surface area contributed by atoms with Crippen LogP contribution < -0.4 is 4.90 Å². The number of piperidine rings is 1. The minimum atomic E-state index is -0.0419. The quantitative estimate of drug-likeness (QED) is 0.846. The van der Waals surface area contributed by atoms with Crippen LogP contribution in [0.3, 0.4) is 0 Å². The highest BCUT2D eigenvalue weighted by Gasteiger charge is 2.26.